The number of nitrogens with one attached hydrogen (secondary N) is 1. The first-order valence-corrected chi connectivity index (χ1v) is 8.27. The van der Waals surface area contributed by atoms with Gasteiger partial charge in [0.1, 0.15) is 11.5 Å². The summed E-state index contributed by atoms with van der Waals surface area (Å²) >= 11 is 9.59. The summed E-state index contributed by atoms with van der Waals surface area (Å²) in [7, 11) is 0. The van der Waals surface area contributed by atoms with E-state index in [4.69, 9.17) is 20.8 Å². The smallest absolute Gasteiger partial charge is 0.169 e. The zero-order chi connectivity index (χ0) is 14.8. The molecule has 112 valence electrons. The fourth-order valence-corrected chi connectivity index (χ4v) is 3.34. The highest BCUT2D eigenvalue weighted by molar-refractivity contribution is 9.10. The van der Waals surface area contributed by atoms with Crippen LogP contribution in [0.25, 0.3) is 0 Å². The molecule has 1 aromatic carbocycles. The van der Waals surface area contributed by atoms with Gasteiger partial charge in [0.05, 0.1) is 12.6 Å². The maximum absolute atomic E-state index is 6.23. The number of fused-ring (bicyclic) bond motifs is 1. The van der Waals surface area contributed by atoms with Crippen molar-refractivity contribution in [1.82, 2.24) is 5.32 Å². The minimum absolute atomic E-state index is 0.105. The number of ether oxygens (including phenoxy) is 1. The SMILES string of the molecule is CCNC(Cc1cc(Cl)cc2c1OCC2)c1ccc(Br)o1. The van der Waals surface area contributed by atoms with Gasteiger partial charge in [-0.3, -0.25) is 0 Å². The van der Waals surface area contributed by atoms with Crippen LogP contribution < -0.4 is 10.1 Å². The Balaban J connectivity index is 1.90. The quantitative estimate of drug-likeness (QED) is 0.840. The molecule has 1 atom stereocenters. The van der Waals surface area contributed by atoms with Crippen LogP contribution >= 0.6 is 27.5 Å². The summed E-state index contributed by atoms with van der Waals surface area (Å²) < 4.78 is 12.2. The Morgan fingerprint density at radius 2 is 2.24 bits per heavy atom. The Labute approximate surface area is 137 Å². The number of benzene rings is 1. The van der Waals surface area contributed by atoms with Crippen molar-refractivity contribution in [2.24, 2.45) is 0 Å². The molecule has 0 saturated heterocycles. The Hall–Kier alpha value is -0.970. The molecular formula is C16H17BrClNO2. The van der Waals surface area contributed by atoms with Gasteiger partial charge in [-0.25, -0.2) is 0 Å². The lowest BCUT2D eigenvalue weighted by Crippen LogP contribution is -2.22. The summed E-state index contributed by atoms with van der Waals surface area (Å²) in [6, 6.07) is 8.00. The zero-order valence-corrected chi connectivity index (χ0v) is 14.1. The first-order valence-electron chi connectivity index (χ1n) is 7.10. The fraction of sp³-hybridized carbons (Fsp3) is 0.375. The molecule has 0 bridgehead atoms. The molecule has 0 fully saturated rings. The number of hydrogen-bond acceptors (Lipinski definition) is 3. The molecule has 1 aliphatic heterocycles. The van der Waals surface area contributed by atoms with E-state index in [9.17, 15) is 0 Å². The van der Waals surface area contributed by atoms with Crippen LogP contribution in [0.3, 0.4) is 0 Å². The van der Waals surface area contributed by atoms with Crippen molar-refractivity contribution >= 4 is 27.5 Å². The van der Waals surface area contributed by atoms with Gasteiger partial charge in [0.2, 0.25) is 0 Å². The zero-order valence-electron chi connectivity index (χ0n) is 11.8. The number of halogens is 2. The monoisotopic (exact) mass is 369 g/mol. The molecule has 1 aliphatic rings. The van der Waals surface area contributed by atoms with Gasteiger partial charge in [-0.05, 0) is 64.3 Å². The Morgan fingerprint density at radius 1 is 1.38 bits per heavy atom. The van der Waals surface area contributed by atoms with E-state index in [0.29, 0.717) is 0 Å². The average molecular weight is 371 g/mol. The number of rotatable bonds is 5. The van der Waals surface area contributed by atoms with E-state index in [1.807, 2.05) is 24.3 Å². The van der Waals surface area contributed by atoms with E-state index in [1.165, 1.54) is 5.56 Å². The summed E-state index contributed by atoms with van der Waals surface area (Å²) in [6.07, 6.45) is 1.72. The molecule has 3 rings (SSSR count). The number of furan rings is 1. The summed E-state index contributed by atoms with van der Waals surface area (Å²) in [5.74, 6) is 1.91. The van der Waals surface area contributed by atoms with Crippen molar-refractivity contribution in [3.63, 3.8) is 0 Å². The van der Waals surface area contributed by atoms with Gasteiger partial charge >= 0.3 is 0 Å². The second kappa shape index (κ2) is 6.42. The van der Waals surface area contributed by atoms with E-state index in [0.717, 1.165) is 52.8 Å². The molecule has 1 aromatic heterocycles. The van der Waals surface area contributed by atoms with Crippen molar-refractivity contribution in [1.29, 1.82) is 0 Å². The van der Waals surface area contributed by atoms with E-state index < -0.39 is 0 Å². The first-order chi connectivity index (χ1) is 10.2. The predicted octanol–water partition coefficient (Wildman–Crippen LogP) is 4.52. The van der Waals surface area contributed by atoms with Crippen LogP contribution in [0.2, 0.25) is 5.02 Å². The lowest BCUT2D eigenvalue weighted by Gasteiger charge is -2.17. The van der Waals surface area contributed by atoms with Crippen LogP contribution in [0.15, 0.2) is 33.4 Å². The standard InChI is InChI=1S/C16H17BrClNO2/c1-2-19-13(14-3-4-15(17)21-14)9-11-8-12(18)7-10-5-6-20-16(10)11/h3-4,7-8,13,19H,2,5-6,9H2,1H3. The maximum atomic E-state index is 6.23. The summed E-state index contributed by atoms with van der Waals surface area (Å²) in [5, 5.41) is 4.23. The molecule has 0 radical (unpaired) electrons. The molecule has 1 N–H and O–H groups in total. The van der Waals surface area contributed by atoms with Gasteiger partial charge in [0, 0.05) is 11.4 Å². The number of hydrogen-bond donors (Lipinski definition) is 1. The minimum atomic E-state index is 0.105. The number of likely N-dealkylation sites (N-methyl/N-ethyl adjacent to an activating group) is 1. The van der Waals surface area contributed by atoms with Crippen LogP contribution in [0.4, 0.5) is 0 Å². The third-order valence-electron chi connectivity index (χ3n) is 3.64. The third-order valence-corrected chi connectivity index (χ3v) is 4.28. The fourth-order valence-electron chi connectivity index (χ4n) is 2.75. The van der Waals surface area contributed by atoms with Crippen LogP contribution in [0.5, 0.6) is 5.75 Å². The molecule has 2 aromatic rings. The topological polar surface area (TPSA) is 34.4 Å². The molecule has 21 heavy (non-hydrogen) atoms. The Bertz CT molecular complexity index is 641. The summed E-state index contributed by atoms with van der Waals surface area (Å²) in [5.41, 5.74) is 2.34. The van der Waals surface area contributed by atoms with Crippen LogP contribution in [0.1, 0.15) is 29.9 Å². The molecule has 2 heterocycles. The van der Waals surface area contributed by atoms with Gasteiger partial charge in [0.25, 0.3) is 0 Å². The largest absolute Gasteiger partial charge is 0.493 e. The highest BCUT2D eigenvalue weighted by atomic mass is 79.9. The van der Waals surface area contributed by atoms with E-state index >= 15 is 0 Å². The third kappa shape index (κ3) is 3.28. The van der Waals surface area contributed by atoms with Crippen LogP contribution in [-0.4, -0.2) is 13.2 Å². The highest BCUT2D eigenvalue weighted by Crippen LogP contribution is 2.35. The van der Waals surface area contributed by atoms with E-state index in [-0.39, 0.29) is 6.04 Å². The average Bonchev–Trinajstić information content (AvgIpc) is 3.06. The van der Waals surface area contributed by atoms with Crippen molar-refractivity contribution in [2.45, 2.75) is 25.8 Å². The van der Waals surface area contributed by atoms with E-state index in [2.05, 4.69) is 28.2 Å². The lowest BCUT2D eigenvalue weighted by molar-refractivity contribution is 0.348. The highest BCUT2D eigenvalue weighted by Gasteiger charge is 2.22. The second-order valence-corrected chi connectivity index (χ2v) is 6.33. The Kier molecular flexibility index (Phi) is 4.57. The normalized spacial score (nSPS) is 14.8. The molecule has 0 spiro atoms. The van der Waals surface area contributed by atoms with E-state index in [1.54, 1.807) is 0 Å². The van der Waals surface area contributed by atoms with Crippen LogP contribution in [-0.2, 0) is 12.8 Å². The van der Waals surface area contributed by atoms with Gasteiger partial charge in [-0.1, -0.05) is 18.5 Å². The molecule has 5 heteroatoms. The van der Waals surface area contributed by atoms with Crippen LogP contribution in [0, 0.1) is 0 Å². The predicted molar refractivity (Wildman–Crippen MR) is 87.2 cm³/mol. The van der Waals surface area contributed by atoms with Crippen molar-refractivity contribution in [3.8, 4) is 5.75 Å². The molecule has 0 aliphatic carbocycles. The Morgan fingerprint density at radius 3 is 2.95 bits per heavy atom. The van der Waals surface area contributed by atoms with Crippen molar-refractivity contribution in [2.75, 3.05) is 13.2 Å². The molecule has 0 saturated carbocycles. The molecule has 0 amide bonds. The van der Waals surface area contributed by atoms with Gasteiger partial charge in [-0.15, -0.1) is 0 Å². The summed E-state index contributed by atoms with van der Waals surface area (Å²) in [6.45, 7) is 3.69. The lowest BCUT2D eigenvalue weighted by atomic mass is 10.00. The van der Waals surface area contributed by atoms with Gasteiger partial charge in [0.15, 0.2) is 4.67 Å². The van der Waals surface area contributed by atoms with Crippen molar-refractivity contribution < 1.29 is 9.15 Å². The van der Waals surface area contributed by atoms with Gasteiger partial charge < -0.3 is 14.5 Å². The van der Waals surface area contributed by atoms with Gasteiger partial charge in [-0.2, -0.15) is 0 Å². The summed E-state index contributed by atoms with van der Waals surface area (Å²) in [4.78, 5) is 0. The maximum Gasteiger partial charge on any atom is 0.169 e. The minimum Gasteiger partial charge on any atom is -0.493 e. The molecule has 1 unspecified atom stereocenters. The first kappa shape index (κ1) is 14.9. The van der Waals surface area contributed by atoms with Crippen molar-refractivity contribution in [3.05, 3.63) is 50.8 Å². The molecular weight excluding hydrogens is 354 g/mol. The second-order valence-electron chi connectivity index (χ2n) is 5.11. The molecule has 3 nitrogen and oxygen atoms in total.